The normalized spacial score (nSPS) is 21.0. The number of rotatable bonds is 3. The van der Waals surface area contributed by atoms with Crippen molar-refractivity contribution in [2.24, 2.45) is 5.92 Å². The number of aliphatic hydroxyl groups excluding tert-OH is 1. The third-order valence-electron chi connectivity index (χ3n) is 4.29. The summed E-state index contributed by atoms with van der Waals surface area (Å²) in [7, 11) is 0. The van der Waals surface area contributed by atoms with Crippen molar-refractivity contribution in [2.45, 2.75) is 19.4 Å². The molecule has 0 radical (unpaired) electrons. The van der Waals surface area contributed by atoms with Gasteiger partial charge in [0.25, 0.3) is 5.91 Å². The van der Waals surface area contributed by atoms with Crippen molar-refractivity contribution in [3.8, 4) is 11.5 Å². The van der Waals surface area contributed by atoms with E-state index in [9.17, 15) is 9.90 Å². The van der Waals surface area contributed by atoms with E-state index in [1.165, 1.54) is 0 Å². The lowest BCUT2D eigenvalue weighted by molar-refractivity contribution is 0.0247. The maximum absolute atomic E-state index is 12.8. The van der Waals surface area contributed by atoms with Crippen LogP contribution in [0.4, 0.5) is 0 Å². The van der Waals surface area contributed by atoms with Gasteiger partial charge in [0, 0.05) is 13.1 Å². The molecule has 4 heteroatoms. The molecule has 0 saturated carbocycles. The number of likely N-dealkylation sites (tertiary alicyclic amines) is 1. The summed E-state index contributed by atoms with van der Waals surface area (Å²) in [5.74, 6) is 1.37. The zero-order valence-electron chi connectivity index (χ0n) is 13.2. The minimum Gasteiger partial charge on any atom is -0.457 e. The predicted molar refractivity (Wildman–Crippen MR) is 88.6 cm³/mol. The number of aliphatic hydroxyl groups is 1. The minimum atomic E-state index is -0.463. The van der Waals surface area contributed by atoms with Crippen LogP contribution in [0.2, 0.25) is 0 Å². The third kappa shape index (κ3) is 3.54. The molecule has 0 aromatic heterocycles. The van der Waals surface area contributed by atoms with Gasteiger partial charge in [0.2, 0.25) is 0 Å². The number of carbonyl (C=O) groups excluding carboxylic acids is 1. The van der Waals surface area contributed by atoms with Crippen LogP contribution in [-0.2, 0) is 0 Å². The second kappa shape index (κ2) is 6.84. The molecular weight excluding hydrogens is 290 g/mol. The van der Waals surface area contributed by atoms with Gasteiger partial charge in [-0.25, -0.2) is 0 Å². The van der Waals surface area contributed by atoms with Gasteiger partial charge in [-0.2, -0.15) is 0 Å². The Balaban J connectivity index is 1.81. The summed E-state index contributed by atoms with van der Waals surface area (Å²) in [6.45, 7) is 3.05. The van der Waals surface area contributed by atoms with Gasteiger partial charge in [0.05, 0.1) is 11.7 Å². The van der Waals surface area contributed by atoms with Crippen LogP contribution in [0.3, 0.4) is 0 Å². The molecule has 1 amide bonds. The zero-order valence-corrected chi connectivity index (χ0v) is 13.2. The first kappa shape index (κ1) is 15.6. The molecule has 23 heavy (non-hydrogen) atoms. The van der Waals surface area contributed by atoms with Crippen LogP contribution in [0, 0.1) is 5.92 Å². The number of benzene rings is 2. The highest BCUT2D eigenvalue weighted by molar-refractivity contribution is 5.97. The molecule has 2 aromatic carbocycles. The number of piperidine rings is 1. The smallest absolute Gasteiger partial charge is 0.257 e. The van der Waals surface area contributed by atoms with E-state index in [4.69, 9.17) is 4.74 Å². The summed E-state index contributed by atoms with van der Waals surface area (Å²) >= 11 is 0. The van der Waals surface area contributed by atoms with E-state index in [1.54, 1.807) is 17.0 Å². The number of para-hydroxylation sites is 2. The van der Waals surface area contributed by atoms with Crippen LogP contribution in [0.1, 0.15) is 23.7 Å². The number of β-amino-alcohol motifs (C(OH)–C–C–N with tert-alkyl or cyclic N) is 1. The summed E-state index contributed by atoms with van der Waals surface area (Å²) in [6.07, 6.45) is 0.351. The van der Waals surface area contributed by atoms with E-state index in [0.717, 1.165) is 6.42 Å². The van der Waals surface area contributed by atoms with Gasteiger partial charge in [-0.15, -0.1) is 0 Å². The van der Waals surface area contributed by atoms with Gasteiger partial charge in [0.15, 0.2) is 0 Å². The Hall–Kier alpha value is -2.33. The largest absolute Gasteiger partial charge is 0.457 e. The molecule has 120 valence electrons. The van der Waals surface area contributed by atoms with Crippen LogP contribution in [-0.4, -0.2) is 35.1 Å². The topological polar surface area (TPSA) is 49.8 Å². The lowest BCUT2D eigenvalue weighted by atomic mass is 9.95. The number of hydrogen-bond donors (Lipinski definition) is 1. The maximum atomic E-state index is 12.8. The Morgan fingerprint density at radius 3 is 2.57 bits per heavy atom. The molecule has 1 N–H and O–H groups in total. The van der Waals surface area contributed by atoms with Crippen LogP contribution < -0.4 is 4.74 Å². The summed E-state index contributed by atoms with van der Waals surface area (Å²) in [6, 6.07) is 16.6. The number of carbonyl (C=O) groups is 1. The van der Waals surface area contributed by atoms with E-state index < -0.39 is 6.10 Å². The Bertz CT molecular complexity index is 671. The number of ether oxygens (including phenoxy) is 1. The molecule has 1 heterocycles. The molecule has 0 aliphatic carbocycles. The van der Waals surface area contributed by atoms with Crippen molar-refractivity contribution in [1.82, 2.24) is 4.90 Å². The summed E-state index contributed by atoms with van der Waals surface area (Å²) in [5, 5.41) is 10.0. The Kier molecular flexibility index (Phi) is 4.63. The average molecular weight is 311 g/mol. The lowest BCUT2D eigenvalue weighted by Gasteiger charge is -2.34. The molecule has 2 atom stereocenters. The first-order valence-electron chi connectivity index (χ1n) is 7.94. The fourth-order valence-corrected chi connectivity index (χ4v) is 2.75. The van der Waals surface area contributed by atoms with E-state index in [2.05, 4.69) is 0 Å². The van der Waals surface area contributed by atoms with Gasteiger partial charge < -0.3 is 14.7 Å². The van der Waals surface area contributed by atoms with Gasteiger partial charge in [-0.1, -0.05) is 37.3 Å². The molecule has 4 nitrogen and oxygen atoms in total. The molecule has 3 rings (SSSR count). The van der Waals surface area contributed by atoms with Crippen molar-refractivity contribution in [2.75, 3.05) is 13.1 Å². The first-order valence-corrected chi connectivity index (χ1v) is 7.94. The quantitative estimate of drug-likeness (QED) is 0.946. The van der Waals surface area contributed by atoms with Crippen molar-refractivity contribution >= 4 is 5.91 Å². The monoisotopic (exact) mass is 311 g/mol. The summed E-state index contributed by atoms with van der Waals surface area (Å²) in [4.78, 5) is 14.5. The van der Waals surface area contributed by atoms with Crippen LogP contribution in [0.5, 0.6) is 11.5 Å². The van der Waals surface area contributed by atoms with Crippen LogP contribution in [0.15, 0.2) is 54.6 Å². The second-order valence-corrected chi connectivity index (χ2v) is 6.00. The van der Waals surface area contributed by atoms with Crippen molar-refractivity contribution in [1.29, 1.82) is 0 Å². The van der Waals surface area contributed by atoms with E-state index in [1.807, 2.05) is 49.4 Å². The van der Waals surface area contributed by atoms with Crippen molar-refractivity contribution in [3.63, 3.8) is 0 Å². The second-order valence-electron chi connectivity index (χ2n) is 6.00. The zero-order chi connectivity index (χ0) is 16.2. The Morgan fingerprint density at radius 2 is 1.83 bits per heavy atom. The Labute approximate surface area is 136 Å². The molecule has 1 aliphatic heterocycles. The molecule has 2 unspecified atom stereocenters. The van der Waals surface area contributed by atoms with Gasteiger partial charge in [-0.3, -0.25) is 4.79 Å². The molecule has 0 spiro atoms. The average Bonchev–Trinajstić information content (AvgIpc) is 2.58. The molecule has 1 saturated heterocycles. The highest BCUT2D eigenvalue weighted by Crippen LogP contribution is 2.27. The van der Waals surface area contributed by atoms with Gasteiger partial charge >= 0.3 is 0 Å². The van der Waals surface area contributed by atoms with E-state index in [-0.39, 0.29) is 11.8 Å². The van der Waals surface area contributed by atoms with Crippen molar-refractivity contribution < 1.29 is 14.6 Å². The van der Waals surface area contributed by atoms with Gasteiger partial charge in [0.1, 0.15) is 11.5 Å². The first-order chi connectivity index (χ1) is 11.1. The van der Waals surface area contributed by atoms with E-state index >= 15 is 0 Å². The fourth-order valence-electron chi connectivity index (χ4n) is 2.75. The van der Waals surface area contributed by atoms with Gasteiger partial charge in [-0.05, 0) is 36.6 Å². The van der Waals surface area contributed by atoms with Crippen LogP contribution in [0.25, 0.3) is 0 Å². The molecule has 1 aliphatic rings. The van der Waals surface area contributed by atoms with E-state index in [0.29, 0.717) is 30.2 Å². The number of nitrogens with zero attached hydrogens (tertiary/aromatic N) is 1. The summed E-state index contributed by atoms with van der Waals surface area (Å²) in [5.41, 5.74) is 0.526. The number of amides is 1. The standard InChI is InChI=1S/C19H21NO3/c1-14-11-12-20(13-17(14)21)19(22)16-9-5-6-10-18(16)23-15-7-3-2-4-8-15/h2-10,14,17,21H,11-13H2,1H3. The molecule has 2 aromatic rings. The highest BCUT2D eigenvalue weighted by Gasteiger charge is 2.29. The molecule has 0 bridgehead atoms. The maximum Gasteiger partial charge on any atom is 0.257 e. The number of hydrogen-bond acceptors (Lipinski definition) is 3. The molecule has 1 fully saturated rings. The summed E-state index contributed by atoms with van der Waals surface area (Å²) < 4.78 is 5.86. The minimum absolute atomic E-state index is 0.0949. The van der Waals surface area contributed by atoms with Crippen LogP contribution >= 0.6 is 0 Å². The highest BCUT2D eigenvalue weighted by atomic mass is 16.5. The molecular formula is C19H21NO3. The third-order valence-corrected chi connectivity index (χ3v) is 4.29. The predicted octanol–water partition coefficient (Wildman–Crippen LogP) is 3.32. The SMILES string of the molecule is CC1CCN(C(=O)c2ccccc2Oc2ccccc2)CC1O. The lowest BCUT2D eigenvalue weighted by Crippen LogP contribution is -2.45. The fraction of sp³-hybridized carbons (Fsp3) is 0.316. The van der Waals surface area contributed by atoms with Crippen molar-refractivity contribution in [3.05, 3.63) is 60.2 Å². The Morgan fingerprint density at radius 1 is 1.13 bits per heavy atom.